The van der Waals surface area contributed by atoms with Gasteiger partial charge in [0.05, 0.1) is 0 Å². The Morgan fingerprint density at radius 3 is 1.90 bits per heavy atom. The standard InChI is InChI=1S/C8H10.C2H2/c1-2-8-6-4-3-5-7-8;1-2/h3-7H,2H2,1H3;1-2H. The topological polar surface area (TPSA) is 0 Å². The van der Waals surface area contributed by atoms with Gasteiger partial charge >= 0.3 is 0 Å². The number of benzene rings is 1. The van der Waals surface area contributed by atoms with Crippen LogP contribution in [0.4, 0.5) is 0 Å². The first-order valence-corrected chi connectivity index (χ1v) is 3.30. The first kappa shape index (κ1) is 8.78. The highest BCUT2D eigenvalue weighted by Crippen LogP contribution is 1.96. The molecule has 0 bridgehead atoms. The molecule has 0 amide bonds. The summed E-state index contributed by atoms with van der Waals surface area (Å²) in [4.78, 5) is 0. The van der Waals surface area contributed by atoms with E-state index in [1.807, 2.05) is 6.07 Å². The van der Waals surface area contributed by atoms with Crippen molar-refractivity contribution in [3.63, 3.8) is 0 Å². The predicted octanol–water partition coefficient (Wildman–Crippen LogP) is 2.50. The molecule has 52 valence electrons. The lowest BCUT2D eigenvalue weighted by Crippen LogP contribution is -1.73. The van der Waals surface area contributed by atoms with Gasteiger partial charge in [-0.25, -0.2) is 0 Å². The van der Waals surface area contributed by atoms with Crippen LogP contribution in [0.25, 0.3) is 0 Å². The van der Waals surface area contributed by atoms with E-state index < -0.39 is 0 Å². The highest BCUT2D eigenvalue weighted by Gasteiger charge is 1.79. The predicted molar refractivity (Wildman–Crippen MR) is 45.7 cm³/mol. The largest absolute Gasteiger partial charge is 0.124 e. The van der Waals surface area contributed by atoms with Crippen LogP contribution in [-0.4, -0.2) is 0 Å². The van der Waals surface area contributed by atoms with E-state index in [9.17, 15) is 0 Å². The molecule has 0 aliphatic carbocycles. The smallest absolute Gasteiger partial charge is 0.0307 e. The Morgan fingerprint density at radius 2 is 1.60 bits per heavy atom. The summed E-state index contributed by atoms with van der Waals surface area (Å²) in [6, 6.07) is 10.5. The van der Waals surface area contributed by atoms with E-state index in [4.69, 9.17) is 0 Å². The normalized spacial score (nSPS) is 7.50. The molecule has 0 heteroatoms. The molecule has 0 heterocycles. The maximum Gasteiger partial charge on any atom is -0.0307 e. The van der Waals surface area contributed by atoms with E-state index in [1.54, 1.807) is 0 Å². The second-order valence-electron chi connectivity index (χ2n) is 1.84. The Bertz CT molecular complexity index is 172. The van der Waals surface area contributed by atoms with Gasteiger partial charge in [-0.2, -0.15) is 0 Å². The average molecular weight is 132 g/mol. The maximum absolute atomic E-state index is 4.00. The van der Waals surface area contributed by atoms with Crippen molar-refractivity contribution in [1.82, 2.24) is 0 Å². The molecule has 0 N–H and O–H groups in total. The zero-order valence-electron chi connectivity index (χ0n) is 6.25. The minimum absolute atomic E-state index is 1.14. The van der Waals surface area contributed by atoms with Gasteiger partial charge in [-0.3, -0.25) is 0 Å². The Balaban J connectivity index is 0.000000371. The van der Waals surface area contributed by atoms with Crippen LogP contribution in [0.3, 0.4) is 0 Å². The van der Waals surface area contributed by atoms with Crippen LogP contribution in [0, 0.1) is 12.8 Å². The third kappa shape index (κ3) is 2.94. The van der Waals surface area contributed by atoms with Gasteiger partial charge in [-0.1, -0.05) is 37.3 Å². The monoisotopic (exact) mass is 132 g/mol. The molecule has 0 aromatic heterocycles. The van der Waals surface area contributed by atoms with Crippen molar-refractivity contribution in [1.29, 1.82) is 0 Å². The van der Waals surface area contributed by atoms with Gasteiger partial charge < -0.3 is 0 Å². The summed E-state index contributed by atoms with van der Waals surface area (Å²) < 4.78 is 0. The molecule has 0 saturated heterocycles. The highest BCUT2D eigenvalue weighted by atomic mass is 13.9. The zero-order chi connectivity index (χ0) is 7.82. The molecule has 0 saturated carbocycles. The Morgan fingerprint density at radius 1 is 1.10 bits per heavy atom. The summed E-state index contributed by atoms with van der Waals surface area (Å²) in [5, 5.41) is 0. The number of hydrogen-bond acceptors (Lipinski definition) is 0. The van der Waals surface area contributed by atoms with Crippen LogP contribution in [0.5, 0.6) is 0 Å². The second kappa shape index (κ2) is 5.91. The molecular formula is C10H12. The lowest BCUT2D eigenvalue weighted by molar-refractivity contribution is 1.14. The van der Waals surface area contributed by atoms with Crippen molar-refractivity contribution < 1.29 is 0 Å². The highest BCUT2D eigenvalue weighted by molar-refractivity contribution is 5.13. The fraction of sp³-hybridized carbons (Fsp3) is 0.200. The fourth-order valence-electron chi connectivity index (χ4n) is 0.714. The van der Waals surface area contributed by atoms with Gasteiger partial charge in [0.15, 0.2) is 0 Å². The Labute approximate surface area is 62.9 Å². The number of aryl methyl sites for hydroxylation is 1. The van der Waals surface area contributed by atoms with E-state index in [1.165, 1.54) is 5.56 Å². The third-order valence-corrected chi connectivity index (χ3v) is 1.25. The van der Waals surface area contributed by atoms with Gasteiger partial charge in [0.2, 0.25) is 0 Å². The van der Waals surface area contributed by atoms with Crippen LogP contribution >= 0.6 is 0 Å². The van der Waals surface area contributed by atoms with E-state index in [0.29, 0.717) is 0 Å². The number of rotatable bonds is 1. The molecule has 0 radical (unpaired) electrons. The van der Waals surface area contributed by atoms with Crippen molar-refractivity contribution in [3.8, 4) is 12.8 Å². The summed E-state index contributed by atoms with van der Waals surface area (Å²) in [6.07, 6.45) is 9.14. The minimum Gasteiger partial charge on any atom is -0.124 e. The fourth-order valence-corrected chi connectivity index (χ4v) is 0.714. The van der Waals surface area contributed by atoms with Gasteiger partial charge in [-0.15, -0.1) is 12.8 Å². The average Bonchev–Trinajstić information content (AvgIpc) is 2.10. The molecule has 1 rings (SSSR count). The quantitative estimate of drug-likeness (QED) is 0.515. The minimum atomic E-state index is 1.14. The van der Waals surface area contributed by atoms with Gasteiger partial charge in [0.1, 0.15) is 0 Å². The summed E-state index contributed by atoms with van der Waals surface area (Å²) in [6.45, 7) is 2.16. The van der Waals surface area contributed by atoms with Crippen LogP contribution in [0.15, 0.2) is 30.3 Å². The van der Waals surface area contributed by atoms with Crippen molar-refractivity contribution in [2.75, 3.05) is 0 Å². The SMILES string of the molecule is C#C.CCc1ccccc1. The number of hydrogen-bond donors (Lipinski definition) is 0. The Kier molecular flexibility index (Phi) is 5.19. The van der Waals surface area contributed by atoms with Crippen molar-refractivity contribution in [2.45, 2.75) is 13.3 Å². The van der Waals surface area contributed by atoms with Crippen LogP contribution < -0.4 is 0 Å². The molecule has 1 aromatic rings. The molecular weight excluding hydrogens is 120 g/mol. The first-order chi connectivity index (χ1) is 4.93. The van der Waals surface area contributed by atoms with E-state index in [0.717, 1.165) is 6.42 Å². The van der Waals surface area contributed by atoms with Crippen molar-refractivity contribution >= 4 is 0 Å². The lowest BCUT2D eigenvalue weighted by atomic mass is 10.2. The summed E-state index contributed by atoms with van der Waals surface area (Å²) >= 11 is 0. The summed E-state index contributed by atoms with van der Waals surface area (Å²) in [5.74, 6) is 0. The van der Waals surface area contributed by atoms with Gasteiger partial charge in [0, 0.05) is 0 Å². The van der Waals surface area contributed by atoms with Gasteiger partial charge in [-0.05, 0) is 12.0 Å². The molecule has 0 fully saturated rings. The lowest BCUT2D eigenvalue weighted by Gasteiger charge is -1.89. The molecule has 0 unspecified atom stereocenters. The second-order valence-corrected chi connectivity index (χ2v) is 1.84. The zero-order valence-corrected chi connectivity index (χ0v) is 6.25. The summed E-state index contributed by atoms with van der Waals surface area (Å²) in [7, 11) is 0. The van der Waals surface area contributed by atoms with Crippen LogP contribution in [0.2, 0.25) is 0 Å². The van der Waals surface area contributed by atoms with Crippen molar-refractivity contribution in [2.24, 2.45) is 0 Å². The molecule has 0 aliphatic heterocycles. The molecule has 0 aliphatic rings. The molecule has 0 spiro atoms. The molecule has 0 nitrogen and oxygen atoms in total. The van der Waals surface area contributed by atoms with Crippen molar-refractivity contribution in [3.05, 3.63) is 35.9 Å². The van der Waals surface area contributed by atoms with E-state index in [-0.39, 0.29) is 0 Å². The number of terminal acetylenes is 1. The summed E-state index contributed by atoms with van der Waals surface area (Å²) in [5.41, 5.74) is 1.41. The first-order valence-electron chi connectivity index (χ1n) is 3.30. The van der Waals surface area contributed by atoms with E-state index >= 15 is 0 Å². The maximum atomic E-state index is 4.00. The molecule has 0 atom stereocenters. The van der Waals surface area contributed by atoms with Gasteiger partial charge in [0.25, 0.3) is 0 Å². The van der Waals surface area contributed by atoms with E-state index in [2.05, 4.69) is 44.0 Å². The third-order valence-electron chi connectivity index (χ3n) is 1.25. The van der Waals surface area contributed by atoms with Crippen LogP contribution in [-0.2, 0) is 6.42 Å². The van der Waals surface area contributed by atoms with Crippen LogP contribution in [0.1, 0.15) is 12.5 Å². The molecule has 10 heavy (non-hydrogen) atoms. The Hall–Kier alpha value is -1.22. The molecule has 1 aromatic carbocycles.